The van der Waals surface area contributed by atoms with Crippen molar-refractivity contribution in [2.24, 2.45) is 0 Å². The highest BCUT2D eigenvalue weighted by molar-refractivity contribution is 9.10. The van der Waals surface area contributed by atoms with Gasteiger partial charge in [0.15, 0.2) is 0 Å². The summed E-state index contributed by atoms with van der Waals surface area (Å²) in [7, 11) is 0. The Kier molecular flexibility index (Phi) is 5.63. The quantitative estimate of drug-likeness (QED) is 0.466. The largest absolute Gasteiger partial charge is 0.444 e. The van der Waals surface area contributed by atoms with Crippen molar-refractivity contribution in [3.8, 4) is 5.75 Å². The van der Waals surface area contributed by atoms with Crippen LogP contribution in [0.25, 0.3) is 11.0 Å². The van der Waals surface area contributed by atoms with Crippen molar-refractivity contribution in [3.63, 3.8) is 0 Å². The van der Waals surface area contributed by atoms with Gasteiger partial charge in [0.2, 0.25) is 0 Å². The molecule has 0 aliphatic carbocycles. The van der Waals surface area contributed by atoms with Gasteiger partial charge in [0.05, 0.1) is 23.6 Å². The normalized spacial score (nSPS) is 16.5. The van der Waals surface area contributed by atoms with Crippen LogP contribution < -0.4 is 4.74 Å². The van der Waals surface area contributed by atoms with E-state index >= 15 is 0 Å². The van der Waals surface area contributed by atoms with Crippen LogP contribution in [0.5, 0.6) is 5.75 Å². The van der Waals surface area contributed by atoms with E-state index in [1.807, 2.05) is 22.8 Å². The monoisotopic (exact) mass is 493 g/mol. The maximum Gasteiger partial charge on any atom is 0.410 e. The smallest absolute Gasteiger partial charge is 0.410 e. The molecular weight excluding hydrogens is 472 g/mol. The number of fused-ring (bicyclic) bond motifs is 3. The van der Waals surface area contributed by atoms with E-state index in [1.54, 1.807) is 43.9 Å². The van der Waals surface area contributed by atoms with Crippen LogP contribution in [0.2, 0.25) is 0 Å². The first-order valence-corrected chi connectivity index (χ1v) is 10.6. The molecule has 1 atom stereocenters. The van der Waals surface area contributed by atoms with E-state index in [1.165, 1.54) is 6.07 Å². The van der Waals surface area contributed by atoms with Gasteiger partial charge in [-0.2, -0.15) is 8.78 Å². The summed E-state index contributed by atoms with van der Waals surface area (Å²) in [4.78, 5) is 19.1. The summed E-state index contributed by atoms with van der Waals surface area (Å²) < 4.78 is 39.3. The second kappa shape index (κ2) is 8.11. The predicted molar refractivity (Wildman–Crippen MR) is 115 cm³/mol. The lowest BCUT2D eigenvalue weighted by molar-refractivity contribution is -0.0509. The van der Waals surface area contributed by atoms with Crippen LogP contribution in [0, 0.1) is 0 Å². The Morgan fingerprint density at radius 1 is 1.23 bits per heavy atom. The minimum atomic E-state index is -2.96. The lowest BCUT2D eigenvalue weighted by Crippen LogP contribution is -2.44. The standard InChI is InChI=1S/C22H22BrF2N3O3/c1-22(2,3)31-21(29)27-11-17(14-6-4-5-7-18(14)30-20(24)25)28-16-10-13(23)8-9-15(16)26-19(28)12-27/h4-10,17,20H,11-12H2,1-3H3/t17-/m1/s1. The number of hydrogen-bond donors (Lipinski definition) is 0. The van der Waals surface area contributed by atoms with Crippen molar-refractivity contribution >= 4 is 33.1 Å². The van der Waals surface area contributed by atoms with Crippen LogP contribution >= 0.6 is 15.9 Å². The lowest BCUT2D eigenvalue weighted by Gasteiger charge is -2.36. The zero-order chi connectivity index (χ0) is 22.3. The SMILES string of the molecule is CC(C)(C)OC(=O)N1Cc2nc3ccc(Br)cc3n2[C@@H](c2ccccc2OC(F)F)C1. The van der Waals surface area contributed by atoms with E-state index in [0.29, 0.717) is 11.4 Å². The fourth-order valence-electron chi connectivity index (χ4n) is 3.76. The lowest BCUT2D eigenvalue weighted by atomic mass is 10.0. The molecule has 4 rings (SSSR count). The highest BCUT2D eigenvalue weighted by Gasteiger charge is 2.35. The van der Waals surface area contributed by atoms with Gasteiger partial charge in [-0.05, 0) is 45.0 Å². The molecule has 164 valence electrons. The van der Waals surface area contributed by atoms with Crippen LogP contribution in [0.3, 0.4) is 0 Å². The molecule has 0 radical (unpaired) electrons. The van der Waals surface area contributed by atoms with Gasteiger partial charge in [0.1, 0.15) is 17.2 Å². The molecule has 2 heterocycles. The zero-order valence-electron chi connectivity index (χ0n) is 17.3. The van der Waals surface area contributed by atoms with Gasteiger partial charge < -0.3 is 14.0 Å². The molecule has 0 N–H and O–H groups in total. The number of aromatic nitrogens is 2. The average molecular weight is 494 g/mol. The fraction of sp³-hybridized carbons (Fsp3) is 0.364. The van der Waals surface area contributed by atoms with Crippen LogP contribution in [-0.4, -0.2) is 39.3 Å². The maximum atomic E-state index is 13.1. The molecule has 2 aromatic carbocycles. The van der Waals surface area contributed by atoms with E-state index in [-0.39, 0.29) is 18.8 Å². The summed E-state index contributed by atoms with van der Waals surface area (Å²) >= 11 is 3.49. The first-order valence-electron chi connectivity index (χ1n) is 9.80. The Balaban J connectivity index is 1.84. The second-order valence-electron chi connectivity index (χ2n) is 8.32. The zero-order valence-corrected chi connectivity index (χ0v) is 18.9. The van der Waals surface area contributed by atoms with E-state index in [2.05, 4.69) is 15.9 Å². The molecule has 1 aliphatic rings. The number of ether oxygens (including phenoxy) is 2. The van der Waals surface area contributed by atoms with Gasteiger partial charge in [0, 0.05) is 16.6 Å². The molecule has 1 aliphatic heterocycles. The van der Waals surface area contributed by atoms with Crippen molar-refractivity contribution in [1.82, 2.24) is 14.5 Å². The molecule has 0 saturated carbocycles. The van der Waals surface area contributed by atoms with Gasteiger partial charge in [-0.25, -0.2) is 9.78 Å². The number of carbonyl (C=O) groups excluding carboxylic acids is 1. The Morgan fingerprint density at radius 3 is 2.68 bits per heavy atom. The number of hydrogen-bond acceptors (Lipinski definition) is 4. The number of imidazole rings is 1. The van der Waals surface area contributed by atoms with Crippen molar-refractivity contribution < 1.29 is 23.0 Å². The molecule has 0 bridgehead atoms. The summed E-state index contributed by atoms with van der Waals surface area (Å²) in [5, 5.41) is 0. The molecule has 9 heteroatoms. The highest BCUT2D eigenvalue weighted by Crippen LogP contribution is 2.37. The fourth-order valence-corrected chi connectivity index (χ4v) is 4.11. The molecule has 31 heavy (non-hydrogen) atoms. The van der Waals surface area contributed by atoms with Crippen molar-refractivity contribution in [2.45, 2.75) is 45.6 Å². The van der Waals surface area contributed by atoms with Crippen molar-refractivity contribution in [2.75, 3.05) is 6.54 Å². The summed E-state index contributed by atoms with van der Waals surface area (Å²) in [5.41, 5.74) is 1.47. The third-order valence-corrected chi connectivity index (χ3v) is 5.40. The third kappa shape index (κ3) is 4.51. The molecule has 0 saturated heterocycles. The number of nitrogens with zero attached hydrogens (tertiary/aromatic N) is 3. The van der Waals surface area contributed by atoms with Crippen molar-refractivity contribution in [3.05, 3.63) is 58.3 Å². The van der Waals surface area contributed by atoms with Crippen LogP contribution in [0.1, 0.15) is 38.2 Å². The first kappa shape index (κ1) is 21.5. The number of amides is 1. The molecule has 0 spiro atoms. The van der Waals surface area contributed by atoms with Gasteiger partial charge in [-0.1, -0.05) is 34.1 Å². The summed E-state index contributed by atoms with van der Waals surface area (Å²) in [5.74, 6) is 0.707. The first-order chi connectivity index (χ1) is 14.6. The Morgan fingerprint density at radius 2 is 1.97 bits per heavy atom. The summed E-state index contributed by atoms with van der Waals surface area (Å²) in [6.07, 6.45) is -0.482. The number of benzene rings is 2. The van der Waals surface area contributed by atoms with E-state index in [9.17, 15) is 13.6 Å². The Bertz CT molecular complexity index is 1130. The second-order valence-corrected chi connectivity index (χ2v) is 9.24. The van der Waals surface area contributed by atoms with Gasteiger partial charge in [-0.3, -0.25) is 4.90 Å². The number of carbonyl (C=O) groups is 1. The van der Waals surface area contributed by atoms with Gasteiger partial charge in [-0.15, -0.1) is 0 Å². The van der Waals surface area contributed by atoms with Gasteiger partial charge in [0.25, 0.3) is 0 Å². The molecule has 1 amide bonds. The van der Waals surface area contributed by atoms with E-state index < -0.39 is 24.3 Å². The number of para-hydroxylation sites is 1. The average Bonchev–Trinajstić information content (AvgIpc) is 3.04. The van der Waals surface area contributed by atoms with Crippen LogP contribution in [-0.2, 0) is 11.3 Å². The van der Waals surface area contributed by atoms with Crippen LogP contribution in [0.4, 0.5) is 13.6 Å². The highest BCUT2D eigenvalue weighted by atomic mass is 79.9. The van der Waals surface area contributed by atoms with Gasteiger partial charge >= 0.3 is 12.7 Å². The molecule has 6 nitrogen and oxygen atoms in total. The Labute approximate surface area is 186 Å². The molecular formula is C22H22BrF2N3O3. The van der Waals surface area contributed by atoms with Crippen molar-refractivity contribution in [1.29, 1.82) is 0 Å². The molecule has 0 fully saturated rings. The number of halogens is 3. The number of rotatable bonds is 3. The van der Waals surface area contributed by atoms with Crippen LogP contribution in [0.15, 0.2) is 46.9 Å². The minimum Gasteiger partial charge on any atom is -0.444 e. The Hall–Kier alpha value is -2.68. The molecule has 1 aromatic heterocycles. The van der Waals surface area contributed by atoms with E-state index in [0.717, 1.165) is 15.5 Å². The molecule has 0 unspecified atom stereocenters. The predicted octanol–water partition coefficient (Wildman–Crippen LogP) is 5.74. The maximum absolute atomic E-state index is 13.1. The van der Waals surface area contributed by atoms with E-state index in [4.69, 9.17) is 14.5 Å². The third-order valence-electron chi connectivity index (χ3n) is 4.91. The topological polar surface area (TPSA) is 56.6 Å². The number of alkyl halides is 2. The summed E-state index contributed by atoms with van der Waals surface area (Å²) in [6, 6.07) is 11.8. The molecule has 3 aromatic rings. The minimum absolute atomic E-state index is 0.0661. The summed E-state index contributed by atoms with van der Waals surface area (Å²) in [6.45, 7) is 2.90.